The number of hydrogen-bond acceptors (Lipinski definition) is 2. The summed E-state index contributed by atoms with van der Waals surface area (Å²) in [5.74, 6) is -0.157. The van der Waals surface area contributed by atoms with Crippen LogP contribution in [0.25, 0.3) is 0 Å². The van der Waals surface area contributed by atoms with Gasteiger partial charge in [0.1, 0.15) is 5.82 Å². The number of halogens is 2. The average molecular weight is 309 g/mol. The standard InChI is InChI=1S/C14H14BrFN2/c15-12-9-11(17)5-6-14(12)18-8-7-10-3-1-2-4-13(10)16/h1-6,9,18H,7-8,17H2. The molecule has 0 bridgehead atoms. The van der Waals surface area contributed by atoms with E-state index in [1.807, 2.05) is 24.3 Å². The molecule has 4 heteroatoms. The lowest BCUT2D eigenvalue weighted by atomic mass is 10.1. The minimum atomic E-state index is -0.157. The third-order valence-electron chi connectivity index (χ3n) is 2.66. The van der Waals surface area contributed by atoms with Crippen LogP contribution < -0.4 is 11.1 Å². The molecule has 0 saturated carbocycles. The van der Waals surface area contributed by atoms with Crippen molar-refractivity contribution in [1.29, 1.82) is 0 Å². The summed E-state index contributed by atoms with van der Waals surface area (Å²) in [6.45, 7) is 0.670. The molecule has 2 aromatic carbocycles. The van der Waals surface area contributed by atoms with Crippen LogP contribution >= 0.6 is 15.9 Å². The van der Waals surface area contributed by atoms with Crippen molar-refractivity contribution < 1.29 is 4.39 Å². The van der Waals surface area contributed by atoms with E-state index in [4.69, 9.17) is 5.73 Å². The first-order chi connectivity index (χ1) is 8.66. The molecule has 0 saturated heterocycles. The second kappa shape index (κ2) is 5.87. The van der Waals surface area contributed by atoms with Crippen molar-refractivity contribution in [2.75, 3.05) is 17.6 Å². The van der Waals surface area contributed by atoms with Crippen molar-refractivity contribution in [1.82, 2.24) is 0 Å². The first-order valence-electron chi connectivity index (χ1n) is 5.69. The zero-order chi connectivity index (χ0) is 13.0. The lowest BCUT2D eigenvalue weighted by Gasteiger charge is -2.09. The second-order valence-electron chi connectivity index (χ2n) is 4.01. The molecule has 0 aliphatic heterocycles. The van der Waals surface area contributed by atoms with E-state index in [1.54, 1.807) is 12.1 Å². The van der Waals surface area contributed by atoms with Crippen LogP contribution in [0.2, 0.25) is 0 Å². The molecule has 0 heterocycles. The number of hydrogen-bond donors (Lipinski definition) is 2. The monoisotopic (exact) mass is 308 g/mol. The molecule has 2 nitrogen and oxygen atoms in total. The normalized spacial score (nSPS) is 10.3. The van der Waals surface area contributed by atoms with Crippen molar-refractivity contribution >= 4 is 27.3 Å². The maximum absolute atomic E-state index is 13.4. The average Bonchev–Trinajstić information content (AvgIpc) is 2.34. The van der Waals surface area contributed by atoms with Crippen LogP contribution in [0, 0.1) is 5.82 Å². The van der Waals surface area contributed by atoms with Gasteiger partial charge in [-0.1, -0.05) is 18.2 Å². The molecule has 0 unspecified atom stereocenters. The molecule has 0 aliphatic carbocycles. The Morgan fingerprint density at radius 3 is 2.67 bits per heavy atom. The molecule has 0 aromatic heterocycles. The van der Waals surface area contributed by atoms with E-state index in [9.17, 15) is 4.39 Å². The maximum atomic E-state index is 13.4. The highest BCUT2D eigenvalue weighted by molar-refractivity contribution is 9.10. The molecular formula is C14H14BrFN2. The van der Waals surface area contributed by atoms with Gasteiger partial charge >= 0.3 is 0 Å². The summed E-state index contributed by atoms with van der Waals surface area (Å²) in [4.78, 5) is 0. The Hall–Kier alpha value is -1.55. The molecule has 2 rings (SSSR count). The topological polar surface area (TPSA) is 38.0 Å². The lowest BCUT2D eigenvalue weighted by molar-refractivity contribution is 0.610. The van der Waals surface area contributed by atoms with Gasteiger partial charge in [0, 0.05) is 22.4 Å². The van der Waals surface area contributed by atoms with Gasteiger partial charge in [0.15, 0.2) is 0 Å². The van der Waals surface area contributed by atoms with Gasteiger partial charge in [-0.15, -0.1) is 0 Å². The van der Waals surface area contributed by atoms with E-state index < -0.39 is 0 Å². The van der Waals surface area contributed by atoms with Gasteiger partial charge < -0.3 is 11.1 Å². The molecule has 0 spiro atoms. The Labute approximate surface area is 114 Å². The summed E-state index contributed by atoms with van der Waals surface area (Å²) in [6, 6.07) is 12.4. The van der Waals surface area contributed by atoms with Crippen LogP contribution in [0.15, 0.2) is 46.9 Å². The first kappa shape index (κ1) is 12.9. The number of rotatable bonds is 4. The van der Waals surface area contributed by atoms with E-state index >= 15 is 0 Å². The van der Waals surface area contributed by atoms with Gasteiger partial charge in [0.05, 0.1) is 0 Å². The highest BCUT2D eigenvalue weighted by Crippen LogP contribution is 2.24. The molecule has 0 amide bonds. The fourth-order valence-electron chi connectivity index (χ4n) is 1.71. The van der Waals surface area contributed by atoms with E-state index in [-0.39, 0.29) is 5.82 Å². The van der Waals surface area contributed by atoms with E-state index in [0.29, 0.717) is 18.7 Å². The lowest BCUT2D eigenvalue weighted by Crippen LogP contribution is -2.06. The zero-order valence-corrected chi connectivity index (χ0v) is 11.4. The quantitative estimate of drug-likeness (QED) is 0.843. The van der Waals surface area contributed by atoms with E-state index in [1.165, 1.54) is 6.07 Å². The largest absolute Gasteiger partial charge is 0.399 e. The molecule has 18 heavy (non-hydrogen) atoms. The molecule has 3 N–H and O–H groups in total. The van der Waals surface area contributed by atoms with Gasteiger partial charge in [-0.2, -0.15) is 0 Å². The molecule has 0 radical (unpaired) electrons. The van der Waals surface area contributed by atoms with Crippen molar-refractivity contribution in [3.8, 4) is 0 Å². The van der Waals surface area contributed by atoms with E-state index in [2.05, 4.69) is 21.2 Å². The molecule has 94 valence electrons. The minimum absolute atomic E-state index is 0.157. The number of anilines is 2. The van der Waals surface area contributed by atoms with Crippen LogP contribution in [0.3, 0.4) is 0 Å². The van der Waals surface area contributed by atoms with Gasteiger partial charge in [0.25, 0.3) is 0 Å². The molecule has 0 atom stereocenters. The molecule has 0 aliphatic rings. The Morgan fingerprint density at radius 2 is 1.94 bits per heavy atom. The predicted molar refractivity (Wildman–Crippen MR) is 77.1 cm³/mol. The van der Waals surface area contributed by atoms with Gasteiger partial charge in [-0.25, -0.2) is 4.39 Å². The highest BCUT2D eigenvalue weighted by Gasteiger charge is 2.02. The van der Waals surface area contributed by atoms with Crippen LogP contribution in [-0.4, -0.2) is 6.54 Å². The van der Waals surface area contributed by atoms with Crippen LogP contribution in [0.5, 0.6) is 0 Å². The number of nitrogen functional groups attached to an aromatic ring is 1. The van der Waals surface area contributed by atoms with Crippen LogP contribution in [0.4, 0.5) is 15.8 Å². The fraction of sp³-hybridized carbons (Fsp3) is 0.143. The number of benzene rings is 2. The summed E-state index contributed by atoms with van der Waals surface area (Å²) in [5, 5.41) is 3.25. The highest BCUT2D eigenvalue weighted by atomic mass is 79.9. The van der Waals surface area contributed by atoms with Crippen molar-refractivity contribution in [2.45, 2.75) is 6.42 Å². The Balaban J connectivity index is 1.95. The summed E-state index contributed by atoms with van der Waals surface area (Å²) in [5.41, 5.74) is 8.05. The second-order valence-corrected chi connectivity index (χ2v) is 4.86. The number of nitrogens with two attached hydrogens (primary N) is 1. The summed E-state index contributed by atoms with van der Waals surface area (Å²) >= 11 is 3.43. The van der Waals surface area contributed by atoms with Crippen LogP contribution in [0.1, 0.15) is 5.56 Å². The zero-order valence-electron chi connectivity index (χ0n) is 9.79. The van der Waals surface area contributed by atoms with Gasteiger partial charge in [-0.3, -0.25) is 0 Å². The van der Waals surface area contributed by atoms with E-state index in [0.717, 1.165) is 15.7 Å². The summed E-state index contributed by atoms with van der Waals surface area (Å²) in [6.07, 6.45) is 0.642. The SMILES string of the molecule is Nc1ccc(NCCc2ccccc2F)c(Br)c1. The van der Waals surface area contributed by atoms with Crippen molar-refractivity contribution in [3.05, 3.63) is 58.3 Å². The third-order valence-corrected chi connectivity index (χ3v) is 3.32. The smallest absolute Gasteiger partial charge is 0.126 e. The number of nitrogens with one attached hydrogen (secondary N) is 1. The molecular weight excluding hydrogens is 295 g/mol. The maximum Gasteiger partial charge on any atom is 0.126 e. The minimum Gasteiger partial charge on any atom is -0.399 e. The Kier molecular flexibility index (Phi) is 4.20. The van der Waals surface area contributed by atoms with Crippen molar-refractivity contribution in [2.24, 2.45) is 0 Å². The first-order valence-corrected chi connectivity index (χ1v) is 6.48. The van der Waals surface area contributed by atoms with Gasteiger partial charge in [-0.05, 0) is 52.2 Å². The molecule has 0 fully saturated rings. The molecule has 2 aromatic rings. The van der Waals surface area contributed by atoms with Crippen molar-refractivity contribution in [3.63, 3.8) is 0 Å². The van der Waals surface area contributed by atoms with Crippen LogP contribution in [-0.2, 0) is 6.42 Å². The fourth-order valence-corrected chi connectivity index (χ4v) is 2.24. The third kappa shape index (κ3) is 3.23. The van der Waals surface area contributed by atoms with Gasteiger partial charge in [0.2, 0.25) is 0 Å². The predicted octanol–water partition coefficient (Wildman–Crippen LogP) is 3.83. The summed E-state index contributed by atoms with van der Waals surface area (Å²) < 4.78 is 14.3. The Bertz CT molecular complexity index is 543. The summed E-state index contributed by atoms with van der Waals surface area (Å²) in [7, 11) is 0. The Morgan fingerprint density at radius 1 is 1.17 bits per heavy atom.